The van der Waals surface area contributed by atoms with E-state index in [1.165, 1.54) is 6.92 Å². The number of carbonyl (C=O) groups excluding carboxylic acids is 1. The monoisotopic (exact) mass is 254 g/mol. The van der Waals surface area contributed by atoms with Crippen LogP contribution < -0.4 is 0 Å². The molecule has 2 aliphatic rings. The van der Waals surface area contributed by atoms with Crippen molar-refractivity contribution in [1.82, 2.24) is 0 Å². The van der Waals surface area contributed by atoms with Gasteiger partial charge in [-0.2, -0.15) is 0 Å². The van der Waals surface area contributed by atoms with E-state index < -0.39 is 5.60 Å². The van der Waals surface area contributed by atoms with Crippen molar-refractivity contribution in [2.45, 2.75) is 84.0 Å². The summed E-state index contributed by atoms with van der Waals surface area (Å²) in [6, 6.07) is 0. The Hall–Kier alpha value is -0.570. The van der Waals surface area contributed by atoms with Gasteiger partial charge in [-0.3, -0.25) is 4.79 Å². The second-order valence-electron chi connectivity index (χ2n) is 6.86. The summed E-state index contributed by atoms with van der Waals surface area (Å²) in [6.07, 6.45) is 5.44. The molecule has 0 aromatic carbocycles. The van der Waals surface area contributed by atoms with Crippen molar-refractivity contribution < 1.29 is 14.3 Å². The first kappa shape index (κ1) is 13.9. The van der Waals surface area contributed by atoms with Gasteiger partial charge in [-0.05, 0) is 51.4 Å². The zero-order valence-electron chi connectivity index (χ0n) is 12.3. The average Bonchev–Trinajstić information content (AvgIpc) is 2.59. The van der Waals surface area contributed by atoms with Gasteiger partial charge in [-0.15, -0.1) is 0 Å². The molecule has 0 N–H and O–H groups in total. The molecule has 0 aromatic rings. The minimum Gasteiger partial charge on any atom is -0.456 e. The van der Waals surface area contributed by atoms with Crippen LogP contribution in [0.25, 0.3) is 0 Å². The normalized spacial score (nSPS) is 43.1. The maximum absolute atomic E-state index is 11.5. The Bertz CT molecular complexity index is 350. The van der Waals surface area contributed by atoms with Crippen LogP contribution >= 0.6 is 0 Å². The first-order chi connectivity index (χ1) is 8.22. The lowest BCUT2D eigenvalue weighted by atomic mass is 9.57. The summed E-state index contributed by atoms with van der Waals surface area (Å²) < 4.78 is 12.1. The molecule has 0 radical (unpaired) electrons. The molecule has 0 bridgehead atoms. The molecule has 1 heterocycles. The predicted octanol–water partition coefficient (Wildman–Crippen LogP) is 3.46. The Labute approximate surface area is 110 Å². The highest BCUT2D eigenvalue weighted by Gasteiger charge is 2.64. The van der Waals surface area contributed by atoms with Gasteiger partial charge < -0.3 is 9.47 Å². The molecule has 104 valence electrons. The fourth-order valence-electron chi connectivity index (χ4n) is 4.19. The third-order valence-electron chi connectivity index (χ3n) is 5.08. The molecular formula is C15H26O3. The molecule has 1 aliphatic carbocycles. The molecule has 18 heavy (non-hydrogen) atoms. The second kappa shape index (κ2) is 4.22. The predicted molar refractivity (Wildman–Crippen MR) is 70.3 cm³/mol. The summed E-state index contributed by atoms with van der Waals surface area (Å²) in [5.74, 6) is -0.197. The first-order valence-corrected chi connectivity index (χ1v) is 7.10. The van der Waals surface area contributed by atoms with E-state index in [1.807, 2.05) is 0 Å². The molecule has 0 aromatic heterocycles. The van der Waals surface area contributed by atoms with Gasteiger partial charge >= 0.3 is 5.97 Å². The zero-order valence-corrected chi connectivity index (χ0v) is 12.3. The molecule has 0 unspecified atom stereocenters. The molecule has 1 saturated heterocycles. The van der Waals surface area contributed by atoms with E-state index in [0.717, 1.165) is 32.1 Å². The third kappa shape index (κ3) is 1.87. The summed E-state index contributed by atoms with van der Waals surface area (Å²) in [5, 5.41) is 0. The van der Waals surface area contributed by atoms with E-state index in [2.05, 4.69) is 27.7 Å². The number of ether oxygens (including phenoxy) is 2. The summed E-state index contributed by atoms with van der Waals surface area (Å²) in [7, 11) is 0. The lowest BCUT2D eigenvalue weighted by Crippen LogP contribution is -2.64. The minimum absolute atomic E-state index is 0.0558. The average molecular weight is 254 g/mol. The maximum Gasteiger partial charge on any atom is 0.303 e. The van der Waals surface area contributed by atoms with Crippen molar-refractivity contribution in [2.24, 2.45) is 5.41 Å². The molecule has 3 atom stereocenters. The van der Waals surface area contributed by atoms with Crippen LogP contribution in [0.5, 0.6) is 0 Å². The van der Waals surface area contributed by atoms with Crippen LogP contribution in [-0.4, -0.2) is 23.3 Å². The van der Waals surface area contributed by atoms with Gasteiger partial charge in [-0.1, -0.05) is 13.8 Å². The third-order valence-corrected chi connectivity index (χ3v) is 5.08. The molecule has 3 nitrogen and oxygen atoms in total. The van der Waals surface area contributed by atoms with E-state index in [9.17, 15) is 4.79 Å². The highest BCUT2D eigenvalue weighted by atomic mass is 16.6. The van der Waals surface area contributed by atoms with Gasteiger partial charge in [0, 0.05) is 6.92 Å². The number of rotatable bonds is 1. The maximum atomic E-state index is 11.5. The fraction of sp³-hybridized carbons (Fsp3) is 0.933. The summed E-state index contributed by atoms with van der Waals surface area (Å²) in [6.45, 7) is 10.2. The van der Waals surface area contributed by atoms with Crippen LogP contribution in [0.3, 0.4) is 0 Å². The molecule has 2 fully saturated rings. The van der Waals surface area contributed by atoms with Crippen LogP contribution in [0, 0.1) is 5.41 Å². The molecule has 3 heteroatoms. The van der Waals surface area contributed by atoms with Crippen LogP contribution in [0.1, 0.15) is 66.7 Å². The van der Waals surface area contributed by atoms with Crippen molar-refractivity contribution in [3.8, 4) is 0 Å². The van der Waals surface area contributed by atoms with Crippen molar-refractivity contribution in [1.29, 1.82) is 0 Å². The van der Waals surface area contributed by atoms with Crippen molar-refractivity contribution in [3.05, 3.63) is 0 Å². The summed E-state index contributed by atoms with van der Waals surface area (Å²) in [5.41, 5.74) is -0.741. The van der Waals surface area contributed by atoms with Crippen LogP contribution in [0.2, 0.25) is 0 Å². The van der Waals surface area contributed by atoms with Gasteiger partial charge in [0.2, 0.25) is 0 Å². The Balaban J connectivity index is 2.40. The number of carbonyl (C=O) groups is 1. The smallest absolute Gasteiger partial charge is 0.303 e. The first-order valence-electron chi connectivity index (χ1n) is 7.10. The molecule has 1 spiro atoms. The SMILES string of the molecule is CC(=O)O[C@@]1(C)CCCC(C)(C)[C@@]12CC[C@@H](C)O2. The van der Waals surface area contributed by atoms with E-state index in [1.54, 1.807) is 0 Å². The minimum atomic E-state index is -0.481. The largest absolute Gasteiger partial charge is 0.456 e. The Morgan fingerprint density at radius 2 is 1.89 bits per heavy atom. The molecule has 1 saturated carbocycles. The van der Waals surface area contributed by atoms with Gasteiger partial charge in [0.1, 0.15) is 11.2 Å². The van der Waals surface area contributed by atoms with E-state index in [0.29, 0.717) is 0 Å². The molecule has 2 rings (SSSR count). The van der Waals surface area contributed by atoms with Crippen LogP contribution in [0.15, 0.2) is 0 Å². The van der Waals surface area contributed by atoms with Crippen LogP contribution in [0.4, 0.5) is 0 Å². The van der Waals surface area contributed by atoms with Crippen molar-refractivity contribution >= 4 is 5.97 Å². The van der Waals surface area contributed by atoms with Crippen LogP contribution in [-0.2, 0) is 14.3 Å². The quantitative estimate of drug-likeness (QED) is 0.672. The highest BCUT2D eigenvalue weighted by Crippen LogP contribution is 2.58. The molecule has 0 amide bonds. The number of esters is 1. The summed E-state index contributed by atoms with van der Waals surface area (Å²) in [4.78, 5) is 11.5. The number of hydrogen-bond donors (Lipinski definition) is 0. The Morgan fingerprint density at radius 3 is 2.39 bits per heavy atom. The van der Waals surface area contributed by atoms with Gasteiger partial charge in [0.25, 0.3) is 0 Å². The van der Waals surface area contributed by atoms with Crippen molar-refractivity contribution in [3.63, 3.8) is 0 Å². The topological polar surface area (TPSA) is 35.5 Å². The standard InChI is InChI=1S/C15H26O3/c1-11-7-10-15(17-11)13(3,4)8-6-9-14(15,5)18-12(2)16/h11H,6-10H2,1-5H3/t11-,14+,15+/m1/s1. The Kier molecular flexibility index (Phi) is 3.25. The van der Waals surface area contributed by atoms with E-state index >= 15 is 0 Å². The van der Waals surface area contributed by atoms with Gasteiger partial charge in [-0.25, -0.2) is 0 Å². The Morgan fingerprint density at radius 1 is 1.22 bits per heavy atom. The van der Waals surface area contributed by atoms with Crippen molar-refractivity contribution in [2.75, 3.05) is 0 Å². The van der Waals surface area contributed by atoms with E-state index in [4.69, 9.17) is 9.47 Å². The van der Waals surface area contributed by atoms with Gasteiger partial charge in [0.05, 0.1) is 6.10 Å². The second-order valence-corrected chi connectivity index (χ2v) is 6.86. The summed E-state index contributed by atoms with van der Waals surface area (Å²) >= 11 is 0. The van der Waals surface area contributed by atoms with E-state index in [-0.39, 0.29) is 23.1 Å². The molecule has 1 aliphatic heterocycles. The number of hydrogen-bond acceptors (Lipinski definition) is 3. The fourth-order valence-corrected chi connectivity index (χ4v) is 4.19. The lowest BCUT2D eigenvalue weighted by molar-refractivity contribution is -0.251. The zero-order chi connectivity index (χ0) is 13.6. The molecular weight excluding hydrogens is 228 g/mol. The highest BCUT2D eigenvalue weighted by molar-refractivity contribution is 5.66. The van der Waals surface area contributed by atoms with Gasteiger partial charge in [0.15, 0.2) is 0 Å². The lowest BCUT2D eigenvalue weighted by Gasteiger charge is -2.57.